The molecule has 2 aliphatic rings. The monoisotopic (exact) mass is 366 g/mol. The Balaban J connectivity index is 1.42. The number of hydrogen-bond donors (Lipinski definition) is 0. The summed E-state index contributed by atoms with van der Waals surface area (Å²) in [6, 6.07) is 14.6. The van der Waals surface area contributed by atoms with Crippen LogP contribution < -0.4 is 0 Å². The first-order chi connectivity index (χ1) is 13.3. The SMILES string of the molecule is O=C(c1ccc(CN2CCCCC2)o1)N1CCCCC1Cc1ccccc1. The molecule has 2 fully saturated rings. The van der Waals surface area contributed by atoms with Gasteiger partial charge in [-0.1, -0.05) is 36.8 Å². The van der Waals surface area contributed by atoms with Crippen LogP contribution in [-0.2, 0) is 13.0 Å². The van der Waals surface area contributed by atoms with Gasteiger partial charge in [-0.25, -0.2) is 0 Å². The molecule has 0 N–H and O–H groups in total. The standard InChI is InChI=1S/C23H30N2O2/c26-23(22-13-12-21(27-22)18-24-14-6-2-7-15-24)25-16-8-5-11-20(25)17-19-9-3-1-4-10-19/h1,3-4,9-10,12-13,20H,2,5-8,11,14-18H2. The van der Waals surface area contributed by atoms with Crippen LogP contribution in [-0.4, -0.2) is 41.4 Å². The van der Waals surface area contributed by atoms with Crippen molar-refractivity contribution in [1.82, 2.24) is 9.80 Å². The average Bonchev–Trinajstić information content (AvgIpc) is 3.18. The highest BCUT2D eigenvalue weighted by Gasteiger charge is 2.29. The Kier molecular flexibility index (Phi) is 5.93. The number of amides is 1. The van der Waals surface area contributed by atoms with Crippen LogP contribution in [0.4, 0.5) is 0 Å². The van der Waals surface area contributed by atoms with Crippen molar-refractivity contribution in [2.24, 2.45) is 0 Å². The fraction of sp³-hybridized carbons (Fsp3) is 0.522. The van der Waals surface area contributed by atoms with Crippen LogP contribution in [0.5, 0.6) is 0 Å². The van der Waals surface area contributed by atoms with Crippen LogP contribution in [0.15, 0.2) is 46.9 Å². The Morgan fingerprint density at radius 2 is 1.70 bits per heavy atom. The Morgan fingerprint density at radius 3 is 2.52 bits per heavy atom. The van der Waals surface area contributed by atoms with E-state index in [9.17, 15) is 4.79 Å². The van der Waals surface area contributed by atoms with Gasteiger partial charge in [0.2, 0.25) is 0 Å². The lowest BCUT2D eigenvalue weighted by Gasteiger charge is -2.35. The third-order valence-electron chi connectivity index (χ3n) is 5.90. The van der Waals surface area contributed by atoms with Gasteiger partial charge in [0, 0.05) is 12.6 Å². The number of likely N-dealkylation sites (tertiary alicyclic amines) is 2. The molecule has 4 rings (SSSR count). The Hall–Kier alpha value is -2.07. The minimum absolute atomic E-state index is 0.0560. The van der Waals surface area contributed by atoms with Crippen LogP contribution >= 0.6 is 0 Å². The number of hydrogen-bond acceptors (Lipinski definition) is 3. The van der Waals surface area contributed by atoms with E-state index in [-0.39, 0.29) is 11.9 Å². The summed E-state index contributed by atoms with van der Waals surface area (Å²) in [5.41, 5.74) is 1.30. The second-order valence-electron chi connectivity index (χ2n) is 7.94. The Labute approximate surface area is 162 Å². The maximum absolute atomic E-state index is 13.1. The van der Waals surface area contributed by atoms with Crippen LogP contribution in [0.2, 0.25) is 0 Å². The van der Waals surface area contributed by atoms with E-state index in [1.807, 2.05) is 23.1 Å². The van der Waals surface area contributed by atoms with E-state index in [2.05, 4.69) is 29.2 Å². The minimum atomic E-state index is 0.0560. The van der Waals surface area contributed by atoms with E-state index >= 15 is 0 Å². The average molecular weight is 367 g/mol. The van der Waals surface area contributed by atoms with Gasteiger partial charge in [-0.3, -0.25) is 9.69 Å². The first kappa shape index (κ1) is 18.3. The summed E-state index contributed by atoms with van der Waals surface area (Å²) < 4.78 is 5.97. The van der Waals surface area contributed by atoms with Crippen molar-refractivity contribution < 1.29 is 9.21 Å². The molecule has 144 valence electrons. The summed E-state index contributed by atoms with van der Waals surface area (Å²) >= 11 is 0. The summed E-state index contributed by atoms with van der Waals surface area (Å²) in [4.78, 5) is 17.6. The van der Waals surface area contributed by atoms with Crippen LogP contribution in [0.1, 0.15) is 60.4 Å². The lowest BCUT2D eigenvalue weighted by Crippen LogP contribution is -2.44. The van der Waals surface area contributed by atoms with E-state index in [0.29, 0.717) is 5.76 Å². The molecule has 27 heavy (non-hydrogen) atoms. The predicted octanol–water partition coefficient (Wildman–Crippen LogP) is 4.50. The van der Waals surface area contributed by atoms with Crippen molar-refractivity contribution in [2.75, 3.05) is 19.6 Å². The maximum Gasteiger partial charge on any atom is 0.289 e. The Bertz CT molecular complexity index is 734. The minimum Gasteiger partial charge on any atom is -0.455 e. The molecule has 1 aromatic carbocycles. The third-order valence-corrected chi connectivity index (χ3v) is 5.90. The normalized spacial score (nSPS) is 21.3. The van der Waals surface area contributed by atoms with E-state index in [1.54, 1.807) is 0 Å². The predicted molar refractivity (Wildman–Crippen MR) is 107 cm³/mol. The van der Waals surface area contributed by atoms with Crippen molar-refractivity contribution in [3.8, 4) is 0 Å². The molecule has 4 nitrogen and oxygen atoms in total. The van der Waals surface area contributed by atoms with Crippen molar-refractivity contribution in [3.05, 3.63) is 59.5 Å². The smallest absolute Gasteiger partial charge is 0.289 e. The van der Waals surface area contributed by atoms with Gasteiger partial charge < -0.3 is 9.32 Å². The van der Waals surface area contributed by atoms with Crippen molar-refractivity contribution in [3.63, 3.8) is 0 Å². The second kappa shape index (κ2) is 8.75. The number of carbonyl (C=O) groups excluding carboxylic acids is 1. The van der Waals surface area contributed by atoms with E-state index in [0.717, 1.165) is 51.2 Å². The highest BCUT2D eigenvalue weighted by Crippen LogP contribution is 2.24. The molecule has 1 amide bonds. The van der Waals surface area contributed by atoms with Gasteiger partial charge in [0.25, 0.3) is 5.91 Å². The van der Waals surface area contributed by atoms with Crippen molar-refractivity contribution in [2.45, 2.75) is 57.5 Å². The molecule has 0 saturated carbocycles. The topological polar surface area (TPSA) is 36.7 Å². The zero-order valence-corrected chi connectivity index (χ0v) is 16.1. The van der Waals surface area contributed by atoms with Gasteiger partial charge in [0.15, 0.2) is 5.76 Å². The first-order valence-electron chi connectivity index (χ1n) is 10.5. The molecule has 2 saturated heterocycles. The van der Waals surface area contributed by atoms with E-state index in [4.69, 9.17) is 4.42 Å². The summed E-state index contributed by atoms with van der Waals surface area (Å²) in [6.07, 6.45) is 8.13. The van der Waals surface area contributed by atoms with Gasteiger partial charge in [-0.05, 0) is 69.3 Å². The highest BCUT2D eigenvalue weighted by molar-refractivity contribution is 5.91. The molecule has 2 aromatic rings. The molecule has 0 bridgehead atoms. The number of benzene rings is 1. The van der Waals surface area contributed by atoms with Crippen LogP contribution in [0.25, 0.3) is 0 Å². The molecular formula is C23H30N2O2. The van der Waals surface area contributed by atoms with Gasteiger partial charge in [-0.15, -0.1) is 0 Å². The quantitative estimate of drug-likeness (QED) is 0.782. The molecule has 0 aliphatic carbocycles. The third kappa shape index (κ3) is 4.62. The van der Waals surface area contributed by atoms with E-state index in [1.165, 1.54) is 31.2 Å². The Morgan fingerprint density at radius 1 is 0.926 bits per heavy atom. The molecule has 0 spiro atoms. The summed E-state index contributed by atoms with van der Waals surface area (Å²) in [6.45, 7) is 3.92. The molecule has 1 aromatic heterocycles. The largest absolute Gasteiger partial charge is 0.455 e. The summed E-state index contributed by atoms with van der Waals surface area (Å²) in [7, 11) is 0. The lowest BCUT2D eigenvalue weighted by molar-refractivity contribution is 0.0577. The highest BCUT2D eigenvalue weighted by atomic mass is 16.4. The number of piperidine rings is 2. The number of nitrogens with zero attached hydrogens (tertiary/aromatic N) is 2. The van der Waals surface area contributed by atoms with E-state index < -0.39 is 0 Å². The number of carbonyl (C=O) groups is 1. The summed E-state index contributed by atoms with van der Waals surface area (Å²) in [5.74, 6) is 1.47. The molecule has 2 aliphatic heterocycles. The number of furan rings is 1. The second-order valence-corrected chi connectivity index (χ2v) is 7.94. The zero-order valence-electron chi connectivity index (χ0n) is 16.1. The molecule has 4 heteroatoms. The molecule has 1 unspecified atom stereocenters. The number of rotatable bonds is 5. The maximum atomic E-state index is 13.1. The molecule has 3 heterocycles. The van der Waals surface area contributed by atoms with Gasteiger partial charge in [0.05, 0.1) is 6.54 Å². The molecule has 1 atom stereocenters. The van der Waals surface area contributed by atoms with Crippen molar-refractivity contribution in [1.29, 1.82) is 0 Å². The van der Waals surface area contributed by atoms with Crippen LogP contribution in [0.3, 0.4) is 0 Å². The fourth-order valence-corrected chi connectivity index (χ4v) is 4.42. The van der Waals surface area contributed by atoms with Gasteiger partial charge in [0.1, 0.15) is 5.76 Å². The fourth-order valence-electron chi connectivity index (χ4n) is 4.42. The van der Waals surface area contributed by atoms with Crippen LogP contribution in [0, 0.1) is 0 Å². The lowest BCUT2D eigenvalue weighted by atomic mass is 9.95. The van der Waals surface area contributed by atoms with Gasteiger partial charge >= 0.3 is 0 Å². The molecular weight excluding hydrogens is 336 g/mol. The zero-order chi connectivity index (χ0) is 18.5. The van der Waals surface area contributed by atoms with Crippen molar-refractivity contribution >= 4 is 5.91 Å². The van der Waals surface area contributed by atoms with Gasteiger partial charge in [-0.2, -0.15) is 0 Å². The molecule has 0 radical (unpaired) electrons. The summed E-state index contributed by atoms with van der Waals surface area (Å²) in [5, 5.41) is 0. The first-order valence-corrected chi connectivity index (χ1v) is 10.5.